The van der Waals surface area contributed by atoms with Gasteiger partial charge in [0.2, 0.25) is 0 Å². The van der Waals surface area contributed by atoms with Crippen LogP contribution < -0.4 is 0 Å². The molecule has 2 saturated heterocycles. The van der Waals surface area contributed by atoms with Crippen LogP contribution in [-0.2, 0) is 4.74 Å². The lowest BCUT2D eigenvalue weighted by Crippen LogP contribution is -2.50. The van der Waals surface area contributed by atoms with Crippen molar-refractivity contribution in [2.75, 3.05) is 45.9 Å². The summed E-state index contributed by atoms with van der Waals surface area (Å²) in [6, 6.07) is 0. The van der Waals surface area contributed by atoms with E-state index in [0.29, 0.717) is 10.9 Å². The molecule has 20 heavy (non-hydrogen) atoms. The molecule has 0 saturated carbocycles. The first-order valence-electron chi connectivity index (χ1n) is 7.95. The molecule has 5 heteroatoms. The van der Waals surface area contributed by atoms with Gasteiger partial charge < -0.3 is 9.64 Å². The Labute approximate surface area is 126 Å². The van der Waals surface area contributed by atoms with Crippen LogP contribution in [0.25, 0.3) is 0 Å². The third kappa shape index (κ3) is 3.68. The average Bonchev–Trinajstić information content (AvgIpc) is 2.81. The highest BCUT2D eigenvalue weighted by atomic mass is 32.2. The molecule has 2 fully saturated rings. The second kappa shape index (κ2) is 6.24. The Bertz CT molecular complexity index is 358. The van der Waals surface area contributed by atoms with Crippen LogP contribution in [0.2, 0.25) is 0 Å². The topological polar surface area (TPSA) is 28.1 Å². The molecule has 0 aromatic carbocycles. The number of piperazine rings is 1. The number of hydrogen-bond donors (Lipinski definition) is 0. The zero-order valence-electron chi connectivity index (χ0n) is 12.8. The molecule has 4 nitrogen and oxygen atoms in total. The Hall–Kier alpha value is -0.260. The summed E-state index contributed by atoms with van der Waals surface area (Å²) in [5.41, 5.74) is 0. The van der Waals surface area contributed by atoms with Gasteiger partial charge in [-0.15, -0.1) is 0 Å². The number of ether oxygens (including phenoxy) is 1. The molecule has 114 valence electrons. The van der Waals surface area contributed by atoms with Gasteiger partial charge in [-0.25, -0.2) is 0 Å². The highest BCUT2D eigenvalue weighted by molar-refractivity contribution is 8.15. The van der Waals surface area contributed by atoms with Crippen LogP contribution in [0.15, 0.2) is 4.99 Å². The van der Waals surface area contributed by atoms with E-state index < -0.39 is 0 Å². The van der Waals surface area contributed by atoms with Crippen molar-refractivity contribution in [1.82, 2.24) is 9.80 Å². The molecule has 1 atom stereocenters. The van der Waals surface area contributed by atoms with Crippen LogP contribution in [-0.4, -0.2) is 71.7 Å². The first kappa shape index (κ1) is 14.7. The maximum atomic E-state index is 5.85. The second-order valence-corrected chi connectivity index (χ2v) is 8.41. The normalized spacial score (nSPS) is 31.4. The number of hydrogen-bond acceptors (Lipinski definition) is 5. The second-order valence-electron chi connectivity index (χ2n) is 6.74. The van der Waals surface area contributed by atoms with Gasteiger partial charge in [0.1, 0.15) is 0 Å². The van der Waals surface area contributed by atoms with E-state index in [1.54, 1.807) is 0 Å². The summed E-state index contributed by atoms with van der Waals surface area (Å²) in [6.07, 6.45) is 4.31. The molecule has 0 radical (unpaired) electrons. The van der Waals surface area contributed by atoms with Gasteiger partial charge in [-0.3, -0.25) is 9.89 Å². The lowest BCUT2D eigenvalue weighted by Gasteiger charge is -2.38. The molecule has 0 aromatic rings. The van der Waals surface area contributed by atoms with Crippen LogP contribution in [0.4, 0.5) is 0 Å². The fourth-order valence-corrected chi connectivity index (χ4v) is 4.16. The number of nitrogens with zero attached hydrogens (tertiary/aromatic N) is 3. The molecule has 3 rings (SSSR count). The Morgan fingerprint density at radius 1 is 1.25 bits per heavy atom. The molecule has 0 spiro atoms. The fraction of sp³-hybridized carbons (Fsp3) is 0.933. The van der Waals surface area contributed by atoms with Gasteiger partial charge in [0.15, 0.2) is 5.17 Å². The maximum absolute atomic E-state index is 5.85. The molecule has 0 amide bonds. The summed E-state index contributed by atoms with van der Waals surface area (Å²) in [4.78, 5) is 9.75. The van der Waals surface area contributed by atoms with Gasteiger partial charge in [-0.1, -0.05) is 11.8 Å². The Morgan fingerprint density at radius 3 is 2.65 bits per heavy atom. The summed E-state index contributed by atoms with van der Waals surface area (Å²) >= 11 is 1.94. The number of amidine groups is 1. The maximum Gasteiger partial charge on any atom is 0.159 e. The molecule has 3 heterocycles. The van der Waals surface area contributed by atoms with Gasteiger partial charge in [0, 0.05) is 44.1 Å². The lowest BCUT2D eigenvalue weighted by molar-refractivity contribution is -0.0107. The van der Waals surface area contributed by atoms with Gasteiger partial charge in [-0.05, 0) is 33.1 Å². The number of thioether (sulfide) groups is 1. The monoisotopic (exact) mass is 297 g/mol. The number of rotatable bonds is 2. The first-order valence-corrected chi connectivity index (χ1v) is 8.76. The molecule has 3 aliphatic rings. The van der Waals surface area contributed by atoms with Crippen LogP contribution in [0, 0.1) is 0 Å². The minimum atomic E-state index is 0.294. The quantitative estimate of drug-likeness (QED) is 0.780. The van der Waals surface area contributed by atoms with Crippen molar-refractivity contribution in [1.29, 1.82) is 0 Å². The van der Waals surface area contributed by atoms with Crippen molar-refractivity contribution in [2.24, 2.45) is 4.99 Å². The highest BCUT2D eigenvalue weighted by Gasteiger charge is 2.31. The van der Waals surface area contributed by atoms with Crippen molar-refractivity contribution in [3.05, 3.63) is 0 Å². The molecular formula is C15H27N3OS. The van der Waals surface area contributed by atoms with E-state index in [1.807, 2.05) is 11.8 Å². The predicted octanol–water partition coefficient (Wildman–Crippen LogP) is 2.05. The Morgan fingerprint density at radius 2 is 2.05 bits per heavy atom. The summed E-state index contributed by atoms with van der Waals surface area (Å²) in [5.74, 6) is 0. The zero-order chi connectivity index (χ0) is 14.0. The van der Waals surface area contributed by atoms with E-state index in [-0.39, 0.29) is 0 Å². The van der Waals surface area contributed by atoms with Crippen molar-refractivity contribution in [3.8, 4) is 0 Å². The van der Waals surface area contributed by atoms with Gasteiger partial charge in [-0.2, -0.15) is 0 Å². The summed E-state index contributed by atoms with van der Waals surface area (Å²) in [6.45, 7) is 12.2. The summed E-state index contributed by atoms with van der Waals surface area (Å²) < 4.78 is 6.15. The lowest BCUT2D eigenvalue weighted by atomic mass is 10.1. The standard InChI is InChI=1S/C15H27N3OS/c1-15(2)12-16-14(20-15)18-8-6-17(7-9-18)11-13-5-3-4-10-19-13/h13H,3-12H2,1-2H3/t13-/m1/s1. The average molecular weight is 297 g/mol. The van der Waals surface area contributed by atoms with Crippen LogP contribution in [0.1, 0.15) is 33.1 Å². The molecule has 3 aliphatic heterocycles. The van der Waals surface area contributed by atoms with E-state index in [2.05, 4.69) is 23.6 Å². The van der Waals surface area contributed by atoms with Crippen LogP contribution in [0.3, 0.4) is 0 Å². The fourth-order valence-electron chi connectivity index (χ4n) is 3.10. The van der Waals surface area contributed by atoms with Crippen molar-refractivity contribution >= 4 is 16.9 Å². The van der Waals surface area contributed by atoms with Gasteiger partial charge >= 0.3 is 0 Å². The van der Waals surface area contributed by atoms with Crippen LogP contribution in [0.5, 0.6) is 0 Å². The van der Waals surface area contributed by atoms with E-state index in [1.165, 1.54) is 24.4 Å². The molecule has 0 N–H and O–H groups in total. The Balaban J connectivity index is 1.43. The van der Waals surface area contributed by atoms with Crippen molar-refractivity contribution in [3.63, 3.8) is 0 Å². The molecule has 0 aliphatic carbocycles. The molecular weight excluding hydrogens is 270 g/mol. The van der Waals surface area contributed by atoms with E-state index in [0.717, 1.165) is 45.9 Å². The molecule has 0 unspecified atom stereocenters. The number of aliphatic imine (C=N–C) groups is 1. The third-order valence-corrected chi connectivity index (χ3v) is 5.59. The summed E-state index contributed by atoms with van der Waals surface area (Å²) in [7, 11) is 0. The first-order chi connectivity index (χ1) is 9.62. The molecule has 0 aromatic heterocycles. The van der Waals surface area contributed by atoms with E-state index >= 15 is 0 Å². The zero-order valence-corrected chi connectivity index (χ0v) is 13.6. The van der Waals surface area contributed by atoms with Gasteiger partial charge in [0.25, 0.3) is 0 Å². The minimum Gasteiger partial charge on any atom is -0.377 e. The van der Waals surface area contributed by atoms with E-state index in [4.69, 9.17) is 9.73 Å². The smallest absolute Gasteiger partial charge is 0.159 e. The highest BCUT2D eigenvalue weighted by Crippen LogP contribution is 2.33. The Kier molecular flexibility index (Phi) is 4.58. The summed E-state index contributed by atoms with van der Waals surface area (Å²) in [5, 5.41) is 1.27. The third-order valence-electron chi connectivity index (χ3n) is 4.34. The van der Waals surface area contributed by atoms with Crippen molar-refractivity contribution in [2.45, 2.75) is 44.0 Å². The van der Waals surface area contributed by atoms with Crippen LogP contribution >= 0.6 is 11.8 Å². The largest absolute Gasteiger partial charge is 0.377 e. The predicted molar refractivity (Wildman–Crippen MR) is 85.6 cm³/mol. The molecule has 0 bridgehead atoms. The van der Waals surface area contributed by atoms with E-state index in [9.17, 15) is 0 Å². The van der Waals surface area contributed by atoms with Crippen molar-refractivity contribution < 1.29 is 4.74 Å². The SMILES string of the molecule is CC1(C)CN=C(N2CCN(C[C@H]3CCCCO3)CC2)S1. The minimum absolute atomic E-state index is 0.294. The van der Waals surface area contributed by atoms with Gasteiger partial charge in [0.05, 0.1) is 12.6 Å².